The van der Waals surface area contributed by atoms with Gasteiger partial charge in [0.15, 0.2) is 0 Å². The number of nitrogens with zero attached hydrogens (tertiary/aromatic N) is 1. The minimum atomic E-state index is -1.24. The number of likely N-dealkylation sites (tertiary alicyclic amines) is 1. The Morgan fingerprint density at radius 2 is 2.08 bits per heavy atom. The predicted molar refractivity (Wildman–Crippen MR) is 51.9 cm³/mol. The molecule has 0 spiro atoms. The lowest BCUT2D eigenvalue weighted by atomic mass is 9.87. The second-order valence-corrected chi connectivity index (χ2v) is 5.29. The number of carbonyl (C=O) groups excluding carboxylic acids is 1. The number of amides is 1. The molecule has 1 saturated carbocycles. The zero-order chi connectivity index (χ0) is 9.26. The zero-order valence-electron chi connectivity index (χ0n) is 7.70. The third kappa shape index (κ3) is 1.99. The van der Waals surface area contributed by atoms with Gasteiger partial charge in [-0.2, -0.15) is 0 Å². The maximum Gasteiger partial charge on any atom is 0.429 e. The standard InChI is InChI=1S/C9H15NO2S/c11-9(10-5-2-6-10)13(12)7-8-3-1-4-8/h8H,1-7H2. The molecule has 74 valence electrons. The van der Waals surface area contributed by atoms with Crippen LogP contribution in [0.5, 0.6) is 0 Å². The van der Waals surface area contributed by atoms with Crippen molar-refractivity contribution in [3.8, 4) is 0 Å². The van der Waals surface area contributed by atoms with Crippen molar-refractivity contribution in [1.82, 2.24) is 4.90 Å². The van der Waals surface area contributed by atoms with E-state index < -0.39 is 11.2 Å². The summed E-state index contributed by atoms with van der Waals surface area (Å²) in [6, 6.07) is 0. The zero-order valence-corrected chi connectivity index (χ0v) is 8.52. The van der Waals surface area contributed by atoms with Crippen LogP contribution in [0.1, 0.15) is 25.7 Å². The Hall–Kier alpha value is -0.220. The predicted octanol–water partition coefficient (Wildman–Crippen LogP) is 1.36. The monoisotopic (exact) mass is 201 g/mol. The highest BCUT2D eigenvalue weighted by atomic mass is 32.2. The molecule has 2 fully saturated rings. The van der Waals surface area contributed by atoms with Gasteiger partial charge in [0, 0.05) is 30.2 Å². The number of hydrogen-bond donors (Lipinski definition) is 0. The van der Waals surface area contributed by atoms with Gasteiger partial charge in [-0.3, -0.25) is 4.90 Å². The third-order valence-electron chi connectivity index (χ3n) is 2.92. The van der Waals surface area contributed by atoms with Crippen LogP contribution >= 0.6 is 0 Å². The summed E-state index contributed by atoms with van der Waals surface area (Å²) in [5.41, 5.74) is 0. The molecule has 1 atom stereocenters. The molecule has 13 heavy (non-hydrogen) atoms. The second kappa shape index (κ2) is 3.88. The van der Waals surface area contributed by atoms with Crippen LogP contribution in [0.3, 0.4) is 0 Å². The summed E-state index contributed by atoms with van der Waals surface area (Å²) in [6.45, 7) is 1.63. The summed E-state index contributed by atoms with van der Waals surface area (Å²) in [5.74, 6) is 1.17. The highest BCUT2D eigenvalue weighted by Crippen LogP contribution is 2.28. The fourth-order valence-corrected chi connectivity index (χ4v) is 2.96. The van der Waals surface area contributed by atoms with Gasteiger partial charge in [-0.1, -0.05) is 6.42 Å². The fraction of sp³-hybridized carbons (Fsp3) is 0.889. The van der Waals surface area contributed by atoms with Crippen LogP contribution in [0.25, 0.3) is 0 Å². The van der Waals surface area contributed by atoms with Crippen LogP contribution in [0.15, 0.2) is 0 Å². The first kappa shape index (κ1) is 9.34. The Bertz CT molecular complexity index is 202. The second-order valence-electron chi connectivity index (χ2n) is 3.92. The first-order chi connectivity index (χ1) is 6.27. The SMILES string of the molecule is O=C(N1CCC1)[S+]([O-])CC1CCC1. The van der Waals surface area contributed by atoms with Crippen molar-refractivity contribution in [3.63, 3.8) is 0 Å². The van der Waals surface area contributed by atoms with E-state index in [1.807, 2.05) is 0 Å². The molecule has 1 unspecified atom stereocenters. The summed E-state index contributed by atoms with van der Waals surface area (Å²) in [4.78, 5) is 13.1. The van der Waals surface area contributed by atoms with E-state index in [0.29, 0.717) is 11.7 Å². The number of rotatable bonds is 2. The summed E-state index contributed by atoms with van der Waals surface area (Å²) >= 11 is -1.24. The Kier molecular flexibility index (Phi) is 2.79. The first-order valence-electron chi connectivity index (χ1n) is 4.94. The van der Waals surface area contributed by atoms with E-state index in [0.717, 1.165) is 19.5 Å². The van der Waals surface area contributed by atoms with Gasteiger partial charge in [-0.05, 0) is 19.3 Å². The van der Waals surface area contributed by atoms with Crippen LogP contribution in [0.2, 0.25) is 0 Å². The molecule has 1 aliphatic heterocycles. The Balaban J connectivity index is 1.74. The van der Waals surface area contributed by atoms with E-state index >= 15 is 0 Å². The lowest BCUT2D eigenvalue weighted by Crippen LogP contribution is -2.46. The molecule has 0 N–H and O–H groups in total. The molecule has 1 aliphatic carbocycles. The lowest BCUT2D eigenvalue weighted by molar-refractivity contribution is 0.189. The highest BCUT2D eigenvalue weighted by Gasteiger charge is 2.33. The molecule has 2 aliphatic rings. The van der Waals surface area contributed by atoms with E-state index in [2.05, 4.69) is 0 Å². The molecule has 1 heterocycles. The minimum absolute atomic E-state index is 0.127. The molecule has 1 saturated heterocycles. The largest absolute Gasteiger partial charge is 0.608 e. The van der Waals surface area contributed by atoms with Gasteiger partial charge in [0.05, 0.1) is 0 Å². The molecular formula is C9H15NO2S. The van der Waals surface area contributed by atoms with Gasteiger partial charge in [-0.15, -0.1) is 0 Å². The summed E-state index contributed by atoms with van der Waals surface area (Å²) < 4.78 is 11.5. The van der Waals surface area contributed by atoms with Gasteiger partial charge in [0.2, 0.25) is 0 Å². The Morgan fingerprint density at radius 1 is 1.38 bits per heavy atom. The van der Waals surface area contributed by atoms with Gasteiger partial charge in [-0.25, -0.2) is 4.79 Å². The Labute approximate surface area is 81.7 Å². The molecule has 0 aromatic heterocycles. The maximum atomic E-state index is 11.5. The molecule has 0 bridgehead atoms. The van der Waals surface area contributed by atoms with Crippen molar-refractivity contribution in [2.45, 2.75) is 25.7 Å². The quantitative estimate of drug-likeness (QED) is 0.633. The van der Waals surface area contributed by atoms with Gasteiger partial charge < -0.3 is 4.55 Å². The van der Waals surface area contributed by atoms with E-state index in [4.69, 9.17) is 0 Å². The molecule has 2 rings (SSSR count). The van der Waals surface area contributed by atoms with Crippen molar-refractivity contribution in [2.24, 2.45) is 5.92 Å². The van der Waals surface area contributed by atoms with Crippen LogP contribution in [0, 0.1) is 5.92 Å². The van der Waals surface area contributed by atoms with Crippen LogP contribution < -0.4 is 0 Å². The van der Waals surface area contributed by atoms with Gasteiger partial charge in [0.1, 0.15) is 5.75 Å². The van der Waals surface area contributed by atoms with E-state index in [1.165, 1.54) is 19.3 Å². The van der Waals surface area contributed by atoms with E-state index in [9.17, 15) is 9.35 Å². The average molecular weight is 201 g/mol. The topological polar surface area (TPSA) is 43.4 Å². The van der Waals surface area contributed by atoms with Crippen molar-refractivity contribution in [1.29, 1.82) is 0 Å². The fourth-order valence-electron chi connectivity index (χ4n) is 1.59. The van der Waals surface area contributed by atoms with Gasteiger partial charge in [0.25, 0.3) is 0 Å². The average Bonchev–Trinajstić information content (AvgIpc) is 1.92. The molecule has 0 aromatic rings. The Morgan fingerprint density at radius 3 is 2.46 bits per heavy atom. The van der Waals surface area contributed by atoms with Gasteiger partial charge >= 0.3 is 5.24 Å². The molecule has 4 heteroatoms. The van der Waals surface area contributed by atoms with Crippen molar-refractivity contribution < 1.29 is 9.35 Å². The molecule has 0 radical (unpaired) electrons. The number of carbonyl (C=O) groups is 1. The number of hydrogen-bond acceptors (Lipinski definition) is 2. The van der Waals surface area contributed by atoms with Crippen LogP contribution in [-0.2, 0) is 11.2 Å². The summed E-state index contributed by atoms with van der Waals surface area (Å²) in [6.07, 6.45) is 4.66. The smallest absolute Gasteiger partial charge is 0.429 e. The molecular weight excluding hydrogens is 186 g/mol. The highest BCUT2D eigenvalue weighted by molar-refractivity contribution is 8.05. The molecule has 0 aromatic carbocycles. The van der Waals surface area contributed by atoms with E-state index in [-0.39, 0.29) is 5.24 Å². The van der Waals surface area contributed by atoms with Crippen LogP contribution in [-0.4, -0.2) is 33.5 Å². The summed E-state index contributed by atoms with van der Waals surface area (Å²) in [7, 11) is 0. The van der Waals surface area contributed by atoms with Crippen molar-refractivity contribution in [2.75, 3.05) is 18.8 Å². The third-order valence-corrected chi connectivity index (χ3v) is 4.34. The van der Waals surface area contributed by atoms with Crippen molar-refractivity contribution >= 4 is 16.4 Å². The molecule has 3 nitrogen and oxygen atoms in total. The molecule has 1 amide bonds. The van der Waals surface area contributed by atoms with E-state index in [1.54, 1.807) is 4.90 Å². The summed E-state index contributed by atoms with van der Waals surface area (Å²) in [5, 5.41) is -0.127. The maximum absolute atomic E-state index is 11.5. The normalized spacial score (nSPS) is 24.8. The lowest BCUT2D eigenvalue weighted by Gasteiger charge is -2.31. The van der Waals surface area contributed by atoms with Crippen LogP contribution in [0.4, 0.5) is 4.79 Å². The van der Waals surface area contributed by atoms with Crippen molar-refractivity contribution in [3.05, 3.63) is 0 Å². The minimum Gasteiger partial charge on any atom is -0.608 e. The first-order valence-corrected chi connectivity index (χ1v) is 6.26.